The average molecular weight is 248 g/mol. The number of rotatable bonds is 4. The number of hydrogen-bond acceptors (Lipinski definition) is 4. The van der Waals surface area contributed by atoms with Crippen LogP contribution in [0.2, 0.25) is 0 Å². The SMILES string of the molecule is CC(C)c1ccc(OCc2cnc(N)s2)cc1. The summed E-state index contributed by atoms with van der Waals surface area (Å²) in [7, 11) is 0. The fourth-order valence-electron chi connectivity index (χ4n) is 1.49. The predicted molar refractivity (Wildman–Crippen MR) is 71.4 cm³/mol. The maximum Gasteiger partial charge on any atom is 0.180 e. The molecule has 0 bridgehead atoms. The van der Waals surface area contributed by atoms with Gasteiger partial charge in [0, 0.05) is 6.20 Å². The Bertz CT molecular complexity index is 476. The van der Waals surface area contributed by atoms with E-state index in [1.807, 2.05) is 12.1 Å². The monoisotopic (exact) mass is 248 g/mol. The van der Waals surface area contributed by atoms with Gasteiger partial charge >= 0.3 is 0 Å². The van der Waals surface area contributed by atoms with Gasteiger partial charge in [-0.05, 0) is 23.6 Å². The molecule has 1 aromatic carbocycles. The maximum atomic E-state index is 5.65. The highest BCUT2D eigenvalue weighted by Crippen LogP contribution is 2.21. The number of benzene rings is 1. The minimum absolute atomic E-state index is 0.524. The van der Waals surface area contributed by atoms with Crippen LogP contribution in [-0.2, 0) is 6.61 Å². The molecule has 1 aromatic heterocycles. The molecule has 1 heterocycles. The van der Waals surface area contributed by atoms with E-state index in [1.165, 1.54) is 16.9 Å². The van der Waals surface area contributed by atoms with Crippen LogP contribution in [0.3, 0.4) is 0 Å². The average Bonchev–Trinajstić information content (AvgIpc) is 2.73. The van der Waals surface area contributed by atoms with E-state index in [1.54, 1.807) is 6.20 Å². The van der Waals surface area contributed by atoms with E-state index in [9.17, 15) is 0 Å². The lowest BCUT2D eigenvalue weighted by Gasteiger charge is -2.07. The molecule has 4 heteroatoms. The molecule has 0 aliphatic rings. The second kappa shape index (κ2) is 5.19. The second-order valence-electron chi connectivity index (χ2n) is 4.18. The van der Waals surface area contributed by atoms with Crippen LogP contribution in [0.15, 0.2) is 30.5 Å². The van der Waals surface area contributed by atoms with Crippen molar-refractivity contribution in [1.82, 2.24) is 4.98 Å². The van der Waals surface area contributed by atoms with Crippen LogP contribution in [-0.4, -0.2) is 4.98 Å². The van der Waals surface area contributed by atoms with Crippen molar-refractivity contribution in [2.45, 2.75) is 26.4 Å². The Labute approximate surface area is 105 Å². The van der Waals surface area contributed by atoms with Crippen LogP contribution in [0.5, 0.6) is 5.75 Å². The first-order valence-electron chi connectivity index (χ1n) is 5.58. The summed E-state index contributed by atoms with van der Waals surface area (Å²) < 4.78 is 5.65. The van der Waals surface area contributed by atoms with Gasteiger partial charge in [-0.3, -0.25) is 0 Å². The van der Waals surface area contributed by atoms with E-state index < -0.39 is 0 Å². The molecule has 2 N–H and O–H groups in total. The molecule has 17 heavy (non-hydrogen) atoms. The van der Waals surface area contributed by atoms with Gasteiger partial charge in [0.05, 0.1) is 4.88 Å². The summed E-state index contributed by atoms with van der Waals surface area (Å²) in [5, 5.41) is 0.582. The van der Waals surface area contributed by atoms with Gasteiger partial charge in [0.15, 0.2) is 5.13 Å². The van der Waals surface area contributed by atoms with E-state index in [4.69, 9.17) is 10.5 Å². The standard InChI is InChI=1S/C13H16N2OS/c1-9(2)10-3-5-11(6-4-10)16-8-12-7-15-13(14)17-12/h3-7,9H,8H2,1-2H3,(H2,14,15). The molecule has 0 fully saturated rings. The van der Waals surface area contributed by atoms with Gasteiger partial charge in [-0.25, -0.2) is 4.98 Å². The Morgan fingerprint density at radius 1 is 1.29 bits per heavy atom. The first kappa shape index (κ1) is 11.9. The number of nitrogens with zero attached hydrogens (tertiary/aromatic N) is 1. The Morgan fingerprint density at radius 3 is 2.53 bits per heavy atom. The van der Waals surface area contributed by atoms with Gasteiger partial charge in [0.2, 0.25) is 0 Å². The number of ether oxygens (including phenoxy) is 1. The van der Waals surface area contributed by atoms with Crippen LogP contribution in [0.1, 0.15) is 30.2 Å². The molecule has 0 spiro atoms. The van der Waals surface area contributed by atoms with Crippen LogP contribution in [0.4, 0.5) is 5.13 Å². The molecule has 3 nitrogen and oxygen atoms in total. The van der Waals surface area contributed by atoms with Gasteiger partial charge in [-0.1, -0.05) is 37.3 Å². The Hall–Kier alpha value is -1.55. The molecular weight excluding hydrogens is 232 g/mol. The third-order valence-corrected chi connectivity index (χ3v) is 3.30. The molecule has 2 aromatic rings. The number of thiazole rings is 1. The van der Waals surface area contributed by atoms with E-state index >= 15 is 0 Å². The van der Waals surface area contributed by atoms with Crippen LogP contribution in [0.25, 0.3) is 0 Å². The fourth-order valence-corrected chi connectivity index (χ4v) is 2.09. The van der Waals surface area contributed by atoms with E-state index in [0.717, 1.165) is 10.6 Å². The molecule has 0 saturated carbocycles. The van der Waals surface area contributed by atoms with Gasteiger partial charge in [-0.2, -0.15) is 0 Å². The molecule has 0 unspecified atom stereocenters. The number of nitrogens with two attached hydrogens (primary N) is 1. The molecule has 90 valence electrons. The molecular formula is C13H16N2OS. The largest absolute Gasteiger partial charge is 0.488 e. The number of hydrogen-bond donors (Lipinski definition) is 1. The van der Waals surface area contributed by atoms with Gasteiger partial charge in [0.25, 0.3) is 0 Å². The zero-order chi connectivity index (χ0) is 12.3. The smallest absolute Gasteiger partial charge is 0.180 e. The van der Waals surface area contributed by atoms with Gasteiger partial charge in [0.1, 0.15) is 12.4 Å². The summed E-state index contributed by atoms with van der Waals surface area (Å²) in [6, 6.07) is 8.20. The topological polar surface area (TPSA) is 48.1 Å². The van der Waals surface area contributed by atoms with Crippen molar-refractivity contribution >= 4 is 16.5 Å². The van der Waals surface area contributed by atoms with E-state index in [0.29, 0.717) is 17.7 Å². The Morgan fingerprint density at radius 2 is 2.00 bits per heavy atom. The predicted octanol–water partition coefficient (Wildman–Crippen LogP) is 3.43. The minimum Gasteiger partial charge on any atom is -0.488 e. The molecule has 0 aliphatic carbocycles. The molecule has 0 saturated heterocycles. The number of nitrogen functional groups attached to an aromatic ring is 1. The second-order valence-corrected chi connectivity index (χ2v) is 5.32. The van der Waals surface area contributed by atoms with Crippen molar-refractivity contribution in [1.29, 1.82) is 0 Å². The van der Waals surface area contributed by atoms with Crippen LogP contribution in [0, 0.1) is 0 Å². The van der Waals surface area contributed by atoms with Crippen molar-refractivity contribution in [2.75, 3.05) is 5.73 Å². The van der Waals surface area contributed by atoms with Gasteiger partial charge < -0.3 is 10.5 Å². The number of aromatic nitrogens is 1. The highest BCUT2D eigenvalue weighted by molar-refractivity contribution is 7.15. The summed E-state index contributed by atoms with van der Waals surface area (Å²) in [6.45, 7) is 4.88. The van der Waals surface area contributed by atoms with E-state index in [2.05, 4.69) is 31.0 Å². The van der Waals surface area contributed by atoms with Crippen molar-refractivity contribution in [2.24, 2.45) is 0 Å². The fraction of sp³-hybridized carbons (Fsp3) is 0.308. The third-order valence-electron chi connectivity index (χ3n) is 2.50. The summed E-state index contributed by atoms with van der Waals surface area (Å²) >= 11 is 1.46. The molecule has 0 radical (unpaired) electrons. The van der Waals surface area contributed by atoms with Crippen molar-refractivity contribution in [3.05, 3.63) is 40.9 Å². The lowest BCUT2D eigenvalue weighted by molar-refractivity contribution is 0.309. The highest BCUT2D eigenvalue weighted by atomic mass is 32.1. The zero-order valence-corrected chi connectivity index (χ0v) is 10.8. The molecule has 0 aliphatic heterocycles. The van der Waals surface area contributed by atoms with Gasteiger partial charge in [-0.15, -0.1) is 0 Å². The van der Waals surface area contributed by atoms with E-state index in [-0.39, 0.29) is 0 Å². The maximum absolute atomic E-state index is 5.65. The van der Waals surface area contributed by atoms with Crippen LogP contribution < -0.4 is 10.5 Å². The number of anilines is 1. The van der Waals surface area contributed by atoms with Crippen LogP contribution >= 0.6 is 11.3 Å². The summed E-state index contributed by atoms with van der Waals surface area (Å²) in [6.07, 6.45) is 1.75. The first-order valence-corrected chi connectivity index (χ1v) is 6.39. The highest BCUT2D eigenvalue weighted by Gasteiger charge is 2.02. The van der Waals surface area contributed by atoms with Crippen molar-refractivity contribution < 1.29 is 4.74 Å². The van der Waals surface area contributed by atoms with Crippen molar-refractivity contribution in [3.8, 4) is 5.75 Å². The quantitative estimate of drug-likeness (QED) is 0.901. The normalized spacial score (nSPS) is 10.8. The summed E-state index contributed by atoms with van der Waals surface area (Å²) in [5.41, 5.74) is 6.87. The lowest BCUT2D eigenvalue weighted by atomic mass is 10.0. The molecule has 0 atom stereocenters. The lowest BCUT2D eigenvalue weighted by Crippen LogP contribution is -1.93. The zero-order valence-electron chi connectivity index (χ0n) is 10.0. The minimum atomic E-state index is 0.524. The summed E-state index contributed by atoms with van der Waals surface area (Å²) in [5.74, 6) is 1.42. The Kier molecular flexibility index (Phi) is 3.64. The van der Waals surface area contributed by atoms with Crippen molar-refractivity contribution in [3.63, 3.8) is 0 Å². The first-order chi connectivity index (χ1) is 8.15. The molecule has 2 rings (SSSR count). The molecule has 0 amide bonds. The summed E-state index contributed by atoms with van der Waals surface area (Å²) in [4.78, 5) is 5.02. The Balaban J connectivity index is 1.95. The third kappa shape index (κ3) is 3.20.